The molecular weight excluding hydrogens is 344 g/mol. The Labute approximate surface area is 158 Å². The lowest BCUT2D eigenvalue weighted by Gasteiger charge is -2.22. The number of halogens is 1. The average molecular weight is 365 g/mol. The summed E-state index contributed by atoms with van der Waals surface area (Å²) in [5.41, 5.74) is 2.06. The zero-order valence-corrected chi connectivity index (χ0v) is 15.6. The molecule has 26 heavy (non-hydrogen) atoms. The maximum Gasteiger partial charge on any atom is 0.230 e. The molecule has 1 amide bonds. The number of fused-ring (bicyclic) bond motifs is 1. The van der Waals surface area contributed by atoms with Crippen LogP contribution in [0.2, 0.25) is 5.02 Å². The Balaban J connectivity index is 1.70. The number of rotatable bonds is 5. The van der Waals surface area contributed by atoms with Crippen molar-refractivity contribution in [1.82, 2.24) is 4.98 Å². The van der Waals surface area contributed by atoms with Gasteiger partial charge in [0.15, 0.2) is 0 Å². The van der Waals surface area contributed by atoms with Gasteiger partial charge < -0.3 is 5.32 Å². The fraction of sp³-hybridized carbons (Fsp3) is 0.182. The molecule has 0 bridgehead atoms. The van der Waals surface area contributed by atoms with E-state index in [0.717, 1.165) is 22.2 Å². The average Bonchev–Trinajstić information content (AvgIpc) is 2.63. The van der Waals surface area contributed by atoms with E-state index in [1.54, 1.807) is 6.20 Å². The molecule has 2 aromatic carbocycles. The molecule has 4 heteroatoms. The summed E-state index contributed by atoms with van der Waals surface area (Å²) in [6, 6.07) is 17.3. The van der Waals surface area contributed by atoms with Crippen LogP contribution in [0.5, 0.6) is 0 Å². The molecule has 0 aliphatic carbocycles. The summed E-state index contributed by atoms with van der Waals surface area (Å²) >= 11 is 5.90. The number of carbonyl (C=O) groups excluding carboxylic acids is 1. The summed E-state index contributed by atoms with van der Waals surface area (Å²) < 4.78 is 0. The number of benzene rings is 2. The maximum absolute atomic E-state index is 12.8. The first-order valence-electron chi connectivity index (χ1n) is 8.53. The Morgan fingerprint density at radius 1 is 1.12 bits per heavy atom. The SMILES string of the molecule is CC(C)(C/C=C/c1ccc(Cl)cc1)C(=O)Nc1cccc2cccnc12. The number of aromatic nitrogens is 1. The number of nitrogens with zero attached hydrogens (tertiary/aromatic N) is 1. The monoisotopic (exact) mass is 364 g/mol. The standard InChI is InChI=1S/C22H21ClN2O/c1-22(2,14-4-6-16-10-12-18(23)13-11-16)21(26)25-19-9-3-7-17-8-5-15-24-20(17)19/h3-13,15H,14H2,1-2H3,(H,25,26)/b6-4+. The molecule has 0 aliphatic rings. The normalized spacial score (nSPS) is 11.8. The van der Waals surface area contributed by atoms with Gasteiger partial charge in [0.25, 0.3) is 0 Å². The van der Waals surface area contributed by atoms with E-state index in [0.29, 0.717) is 11.4 Å². The maximum atomic E-state index is 12.8. The number of nitrogens with one attached hydrogen (secondary N) is 1. The Hall–Kier alpha value is -2.65. The summed E-state index contributed by atoms with van der Waals surface area (Å²) in [6.07, 6.45) is 6.38. The van der Waals surface area contributed by atoms with Crippen molar-refractivity contribution in [3.05, 3.63) is 77.5 Å². The minimum Gasteiger partial charge on any atom is -0.324 e. The van der Waals surface area contributed by atoms with Gasteiger partial charge in [-0.3, -0.25) is 9.78 Å². The van der Waals surface area contributed by atoms with Gasteiger partial charge in [-0.2, -0.15) is 0 Å². The summed E-state index contributed by atoms with van der Waals surface area (Å²) in [5.74, 6) is -0.0311. The van der Waals surface area contributed by atoms with Crippen LogP contribution < -0.4 is 5.32 Å². The molecule has 0 atom stereocenters. The van der Waals surface area contributed by atoms with Crippen molar-refractivity contribution in [2.24, 2.45) is 5.41 Å². The van der Waals surface area contributed by atoms with Crippen LogP contribution in [-0.4, -0.2) is 10.9 Å². The van der Waals surface area contributed by atoms with Crippen molar-refractivity contribution in [3.63, 3.8) is 0 Å². The minimum atomic E-state index is -0.542. The van der Waals surface area contributed by atoms with Gasteiger partial charge in [0, 0.05) is 22.0 Å². The van der Waals surface area contributed by atoms with Gasteiger partial charge in [-0.05, 0) is 36.2 Å². The van der Waals surface area contributed by atoms with E-state index in [1.807, 2.05) is 80.6 Å². The largest absolute Gasteiger partial charge is 0.324 e. The smallest absolute Gasteiger partial charge is 0.230 e. The Morgan fingerprint density at radius 2 is 1.85 bits per heavy atom. The molecule has 1 heterocycles. The first-order valence-corrected chi connectivity index (χ1v) is 8.91. The number of allylic oxidation sites excluding steroid dienone is 1. The third-order valence-corrected chi connectivity index (χ3v) is 4.56. The molecule has 3 nitrogen and oxygen atoms in total. The van der Waals surface area contributed by atoms with Crippen LogP contribution >= 0.6 is 11.6 Å². The van der Waals surface area contributed by atoms with Gasteiger partial charge in [0.1, 0.15) is 0 Å². The van der Waals surface area contributed by atoms with E-state index in [9.17, 15) is 4.79 Å². The van der Waals surface area contributed by atoms with Gasteiger partial charge in [-0.15, -0.1) is 0 Å². The Kier molecular flexibility index (Phi) is 5.38. The molecular formula is C22H21ClN2O. The second-order valence-corrected chi connectivity index (χ2v) is 7.31. The molecule has 0 radical (unpaired) electrons. The van der Waals surface area contributed by atoms with Gasteiger partial charge in [0.2, 0.25) is 5.91 Å². The predicted octanol–water partition coefficient (Wildman–Crippen LogP) is 5.96. The molecule has 3 aromatic rings. The zero-order valence-electron chi connectivity index (χ0n) is 14.9. The third-order valence-electron chi connectivity index (χ3n) is 4.30. The van der Waals surface area contributed by atoms with Gasteiger partial charge in [-0.25, -0.2) is 0 Å². The third kappa shape index (κ3) is 4.30. The molecule has 132 valence electrons. The Morgan fingerprint density at radius 3 is 2.62 bits per heavy atom. The summed E-state index contributed by atoms with van der Waals surface area (Å²) in [4.78, 5) is 17.2. The number of para-hydroxylation sites is 1. The quantitative estimate of drug-likeness (QED) is 0.607. The lowest BCUT2D eigenvalue weighted by atomic mass is 9.87. The highest BCUT2D eigenvalue weighted by atomic mass is 35.5. The fourth-order valence-corrected chi connectivity index (χ4v) is 2.78. The predicted molar refractivity (Wildman–Crippen MR) is 109 cm³/mol. The minimum absolute atomic E-state index is 0.0311. The van der Waals surface area contributed by atoms with Crippen LogP contribution in [0.4, 0.5) is 5.69 Å². The topological polar surface area (TPSA) is 42.0 Å². The van der Waals surface area contributed by atoms with Crippen LogP contribution in [0.25, 0.3) is 17.0 Å². The van der Waals surface area contributed by atoms with Crippen LogP contribution in [0.15, 0.2) is 66.9 Å². The molecule has 0 unspecified atom stereocenters. The highest BCUT2D eigenvalue weighted by molar-refractivity contribution is 6.30. The highest BCUT2D eigenvalue weighted by Gasteiger charge is 2.26. The molecule has 1 N–H and O–H groups in total. The fourth-order valence-electron chi connectivity index (χ4n) is 2.65. The van der Waals surface area contributed by atoms with E-state index in [2.05, 4.69) is 10.3 Å². The van der Waals surface area contributed by atoms with E-state index in [1.165, 1.54) is 0 Å². The van der Waals surface area contributed by atoms with Crippen molar-refractivity contribution >= 4 is 40.2 Å². The van der Waals surface area contributed by atoms with Crippen LogP contribution in [0.1, 0.15) is 25.8 Å². The van der Waals surface area contributed by atoms with E-state index in [-0.39, 0.29) is 5.91 Å². The van der Waals surface area contributed by atoms with Crippen molar-refractivity contribution in [1.29, 1.82) is 0 Å². The lowest BCUT2D eigenvalue weighted by molar-refractivity contribution is -0.123. The highest BCUT2D eigenvalue weighted by Crippen LogP contribution is 2.27. The van der Waals surface area contributed by atoms with Crippen molar-refractivity contribution < 1.29 is 4.79 Å². The van der Waals surface area contributed by atoms with Crippen LogP contribution in [0.3, 0.4) is 0 Å². The number of amides is 1. The molecule has 0 saturated carbocycles. The second-order valence-electron chi connectivity index (χ2n) is 6.88. The van der Waals surface area contributed by atoms with E-state index in [4.69, 9.17) is 11.6 Å². The van der Waals surface area contributed by atoms with Gasteiger partial charge in [0.05, 0.1) is 11.2 Å². The molecule has 0 fully saturated rings. The number of anilines is 1. The number of hydrogen-bond donors (Lipinski definition) is 1. The molecule has 3 rings (SSSR count). The molecule has 0 aliphatic heterocycles. The first kappa shape index (κ1) is 18.2. The number of pyridine rings is 1. The Bertz CT molecular complexity index is 941. The van der Waals surface area contributed by atoms with E-state index < -0.39 is 5.41 Å². The van der Waals surface area contributed by atoms with Crippen LogP contribution in [-0.2, 0) is 4.79 Å². The van der Waals surface area contributed by atoms with Crippen molar-refractivity contribution in [2.45, 2.75) is 20.3 Å². The first-order chi connectivity index (χ1) is 12.5. The summed E-state index contributed by atoms with van der Waals surface area (Å²) in [5, 5.41) is 4.75. The lowest BCUT2D eigenvalue weighted by Crippen LogP contribution is -2.30. The van der Waals surface area contributed by atoms with E-state index >= 15 is 0 Å². The van der Waals surface area contributed by atoms with Crippen molar-refractivity contribution in [2.75, 3.05) is 5.32 Å². The van der Waals surface area contributed by atoms with Crippen molar-refractivity contribution in [3.8, 4) is 0 Å². The zero-order chi connectivity index (χ0) is 18.6. The number of carbonyl (C=O) groups is 1. The number of hydrogen-bond acceptors (Lipinski definition) is 2. The van der Waals surface area contributed by atoms with Crippen LogP contribution in [0, 0.1) is 5.41 Å². The summed E-state index contributed by atoms with van der Waals surface area (Å²) in [6.45, 7) is 3.88. The summed E-state index contributed by atoms with van der Waals surface area (Å²) in [7, 11) is 0. The van der Waals surface area contributed by atoms with Gasteiger partial charge in [-0.1, -0.05) is 67.9 Å². The molecule has 0 spiro atoms. The molecule has 1 aromatic heterocycles. The second kappa shape index (κ2) is 7.71. The van der Waals surface area contributed by atoms with Gasteiger partial charge >= 0.3 is 0 Å². The molecule has 0 saturated heterocycles.